The number of guanidine groups is 1. The highest BCUT2D eigenvalue weighted by Crippen LogP contribution is 2.47. The van der Waals surface area contributed by atoms with Crippen molar-refractivity contribution < 1.29 is 13.9 Å². The number of halogens is 1. The van der Waals surface area contributed by atoms with Crippen LogP contribution in [0.1, 0.15) is 37.7 Å². The molecule has 1 aliphatic carbocycles. The van der Waals surface area contributed by atoms with Gasteiger partial charge in [-0.2, -0.15) is 0 Å². The Morgan fingerprint density at radius 2 is 1.96 bits per heavy atom. The first-order valence-corrected chi connectivity index (χ1v) is 10.1. The number of benzene rings is 1. The first-order chi connectivity index (χ1) is 13.2. The van der Waals surface area contributed by atoms with E-state index in [1.54, 1.807) is 19.2 Å². The molecule has 1 aromatic rings. The van der Waals surface area contributed by atoms with Crippen molar-refractivity contribution in [2.45, 2.75) is 37.5 Å². The Bertz CT molecular complexity index is 596. The molecular weight excluding hydrogens is 345 g/mol. The molecule has 1 heterocycles. The quantitative estimate of drug-likeness (QED) is 0.395. The Balaban J connectivity index is 1.30. The molecule has 0 aromatic heterocycles. The molecule has 5 nitrogen and oxygen atoms in total. The molecule has 1 saturated carbocycles. The maximum atomic E-state index is 13.1. The number of ether oxygens (including phenoxy) is 2. The molecule has 2 aliphatic rings. The predicted octanol–water partition coefficient (Wildman–Crippen LogP) is 2.86. The molecule has 0 spiro atoms. The van der Waals surface area contributed by atoms with Gasteiger partial charge in [-0.25, -0.2) is 4.39 Å². The molecular formula is C21H32FN3O2. The van der Waals surface area contributed by atoms with Crippen LogP contribution in [0.2, 0.25) is 0 Å². The molecule has 3 rings (SSSR count). The molecule has 0 amide bonds. The molecule has 0 radical (unpaired) electrons. The van der Waals surface area contributed by atoms with Gasteiger partial charge in [-0.15, -0.1) is 0 Å². The largest absolute Gasteiger partial charge is 0.381 e. The zero-order chi connectivity index (χ0) is 19.0. The van der Waals surface area contributed by atoms with Crippen molar-refractivity contribution in [2.24, 2.45) is 10.9 Å². The number of nitrogens with zero attached hydrogens (tertiary/aromatic N) is 1. The summed E-state index contributed by atoms with van der Waals surface area (Å²) >= 11 is 0. The maximum Gasteiger partial charge on any atom is 0.191 e. The second-order valence-electron chi connectivity index (χ2n) is 7.62. The fourth-order valence-corrected chi connectivity index (χ4v) is 3.54. The Morgan fingerprint density at radius 1 is 1.22 bits per heavy atom. The number of hydrogen-bond donors (Lipinski definition) is 2. The number of aliphatic imine (C=N–C) groups is 1. The van der Waals surface area contributed by atoms with Gasteiger partial charge in [-0.3, -0.25) is 4.99 Å². The van der Waals surface area contributed by atoms with Gasteiger partial charge >= 0.3 is 0 Å². The average Bonchev–Trinajstić information content (AvgIpc) is 3.49. The standard InChI is InChI=1S/C21H32FN3O2/c1-23-20(24-11-2-12-27-15-17-7-13-26-14-8-17)25-16-21(9-10-21)18-3-5-19(22)6-4-18/h3-6,17H,2,7-16H2,1H3,(H2,23,24,25). The molecule has 6 heteroatoms. The molecule has 2 fully saturated rings. The molecule has 27 heavy (non-hydrogen) atoms. The van der Waals surface area contributed by atoms with Gasteiger partial charge in [0.25, 0.3) is 0 Å². The zero-order valence-electron chi connectivity index (χ0n) is 16.3. The summed E-state index contributed by atoms with van der Waals surface area (Å²) in [5, 5.41) is 6.77. The van der Waals surface area contributed by atoms with E-state index in [1.807, 2.05) is 12.1 Å². The lowest BCUT2D eigenvalue weighted by Crippen LogP contribution is -2.41. The van der Waals surface area contributed by atoms with E-state index in [-0.39, 0.29) is 11.2 Å². The summed E-state index contributed by atoms with van der Waals surface area (Å²) in [7, 11) is 1.79. The van der Waals surface area contributed by atoms with Crippen LogP contribution in [0.3, 0.4) is 0 Å². The summed E-state index contributed by atoms with van der Waals surface area (Å²) in [6.45, 7) is 5.00. The van der Waals surface area contributed by atoms with Crippen molar-refractivity contribution >= 4 is 5.96 Å². The molecule has 1 aliphatic heterocycles. The Hall–Kier alpha value is -1.66. The molecule has 150 valence electrons. The van der Waals surface area contributed by atoms with Gasteiger partial charge in [0.05, 0.1) is 0 Å². The van der Waals surface area contributed by atoms with Gasteiger partial charge in [0.1, 0.15) is 5.82 Å². The Morgan fingerprint density at radius 3 is 2.63 bits per heavy atom. The molecule has 0 unspecified atom stereocenters. The molecule has 1 saturated heterocycles. The van der Waals surface area contributed by atoms with Crippen LogP contribution < -0.4 is 10.6 Å². The third-order valence-corrected chi connectivity index (χ3v) is 5.58. The SMILES string of the molecule is CN=C(NCCCOCC1CCOCC1)NCC1(c2ccc(F)cc2)CC1. The Kier molecular flexibility index (Phi) is 7.47. The van der Waals surface area contributed by atoms with Crippen molar-refractivity contribution in [3.05, 3.63) is 35.6 Å². The van der Waals surface area contributed by atoms with E-state index < -0.39 is 0 Å². The minimum Gasteiger partial charge on any atom is -0.381 e. The van der Waals surface area contributed by atoms with Gasteiger partial charge in [0, 0.05) is 52.0 Å². The van der Waals surface area contributed by atoms with Crippen molar-refractivity contribution in [3.8, 4) is 0 Å². The van der Waals surface area contributed by atoms with Crippen LogP contribution in [-0.4, -0.2) is 52.5 Å². The molecule has 2 N–H and O–H groups in total. The second kappa shape index (κ2) is 10.0. The minimum absolute atomic E-state index is 0.123. The van der Waals surface area contributed by atoms with Gasteiger partial charge in [-0.1, -0.05) is 12.1 Å². The van der Waals surface area contributed by atoms with Crippen LogP contribution in [-0.2, 0) is 14.9 Å². The lowest BCUT2D eigenvalue weighted by Gasteiger charge is -2.22. The third-order valence-electron chi connectivity index (χ3n) is 5.58. The monoisotopic (exact) mass is 377 g/mol. The maximum absolute atomic E-state index is 13.1. The minimum atomic E-state index is -0.181. The molecule has 1 aromatic carbocycles. The van der Waals surface area contributed by atoms with E-state index in [2.05, 4.69) is 15.6 Å². The van der Waals surface area contributed by atoms with E-state index >= 15 is 0 Å². The highest BCUT2D eigenvalue weighted by molar-refractivity contribution is 5.79. The van der Waals surface area contributed by atoms with Crippen LogP contribution in [0.15, 0.2) is 29.3 Å². The average molecular weight is 378 g/mol. The lowest BCUT2D eigenvalue weighted by atomic mass is 9.96. The van der Waals surface area contributed by atoms with Crippen molar-refractivity contribution in [1.82, 2.24) is 10.6 Å². The third kappa shape index (κ3) is 6.18. The van der Waals surface area contributed by atoms with Crippen molar-refractivity contribution in [3.63, 3.8) is 0 Å². The summed E-state index contributed by atoms with van der Waals surface area (Å²) in [6, 6.07) is 6.89. The van der Waals surface area contributed by atoms with Crippen LogP contribution in [0.25, 0.3) is 0 Å². The van der Waals surface area contributed by atoms with Gasteiger partial charge in [0.2, 0.25) is 0 Å². The first kappa shape index (κ1) is 20.1. The summed E-state index contributed by atoms with van der Waals surface area (Å²) in [5.74, 6) is 1.29. The second-order valence-corrected chi connectivity index (χ2v) is 7.62. The Labute approximate surface area is 161 Å². The van der Waals surface area contributed by atoms with Gasteiger partial charge < -0.3 is 20.1 Å². The normalized spacial score (nSPS) is 19.7. The molecule has 0 atom stereocenters. The van der Waals surface area contributed by atoms with E-state index in [1.165, 1.54) is 5.56 Å². The number of rotatable bonds is 9. The van der Waals surface area contributed by atoms with Crippen LogP contribution in [0.5, 0.6) is 0 Å². The van der Waals surface area contributed by atoms with E-state index in [0.29, 0.717) is 5.92 Å². The topological polar surface area (TPSA) is 54.9 Å². The smallest absolute Gasteiger partial charge is 0.191 e. The van der Waals surface area contributed by atoms with Gasteiger partial charge in [0.15, 0.2) is 5.96 Å². The summed E-state index contributed by atoms with van der Waals surface area (Å²) < 4.78 is 24.3. The molecule has 0 bridgehead atoms. The first-order valence-electron chi connectivity index (χ1n) is 10.1. The zero-order valence-corrected chi connectivity index (χ0v) is 16.3. The highest BCUT2D eigenvalue weighted by Gasteiger charge is 2.44. The van der Waals surface area contributed by atoms with Crippen molar-refractivity contribution in [2.75, 3.05) is 46.6 Å². The summed E-state index contributed by atoms with van der Waals surface area (Å²) in [6.07, 6.45) is 5.44. The van der Waals surface area contributed by atoms with E-state index in [0.717, 1.165) is 77.6 Å². The number of nitrogens with one attached hydrogen (secondary N) is 2. The highest BCUT2D eigenvalue weighted by atomic mass is 19.1. The summed E-state index contributed by atoms with van der Waals surface area (Å²) in [4.78, 5) is 4.30. The van der Waals surface area contributed by atoms with Crippen molar-refractivity contribution in [1.29, 1.82) is 0 Å². The van der Waals surface area contributed by atoms with Crippen LogP contribution >= 0.6 is 0 Å². The van der Waals surface area contributed by atoms with Gasteiger partial charge in [-0.05, 0) is 55.7 Å². The fraction of sp³-hybridized carbons (Fsp3) is 0.667. The van der Waals surface area contributed by atoms with E-state index in [4.69, 9.17) is 9.47 Å². The fourth-order valence-electron chi connectivity index (χ4n) is 3.54. The lowest BCUT2D eigenvalue weighted by molar-refractivity contribution is 0.0203. The summed E-state index contributed by atoms with van der Waals surface area (Å²) in [5.41, 5.74) is 1.33. The van der Waals surface area contributed by atoms with Crippen LogP contribution in [0.4, 0.5) is 4.39 Å². The van der Waals surface area contributed by atoms with E-state index in [9.17, 15) is 4.39 Å². The predicted molar refractivity (Wildman–Crippen MR) is 106 cm³/mol. The van der Waals surface area contributed by atoms with Crippen LogP contribution in [0, 0.1) is 11.7 Å². The number of hydrogen-bond acceptors (Lipinski definition) is 3.